The summed E-state index contributed by atoms with van der Waals surface area (Å²) in [7, 11) is 0. The molecule has 0 aliphatic heterocycles. The Balaban J connectivity index is 2.60. The second-order valence-corrected chi connectivity index (χ2v) is 3.64. The van der Waals surface area contributed by atoms with E-state index in [0.29, 0.717) is 21.7 Å². The van der Waals surface area contributed by atoms with Gasteiger partial charge in [0.05, 0.1) is 10.8 Å². The van der Waals surface area contributed by atoms with Gasteiger partial charge in [0.15, 0.2) is 0 Å². The summed E-state index contributed by atoms with van der Waals surface area (Å²) in [5, 5.41) is 0.303. The van der Waals surface area contributed by atoms with E-state index in [2.05, 4.69) is 6.07 Å². The lowest BCUT2D eigenvalue weighted by Gasteiger charge is -2.06. The van der Waals surface area contributed by atoms with E-state index in [0.717, 1.165) is 0 Å². The molecule has 5 heteroatoms. The van der Waals surface area contributed by atoms with Crippen molar-refractivity contribution in [2.24, 2.45) is 0 Å². The minimum absolute atomic E-state index is 0.303. The molecule has 1 radical (unpaired) electrons. The molecule has 71 valence electrons. The number of hydrogen-bond donors (Lipinski definition) is 0. The van der Waals surface area contributed by atoms with E-state index in [-0.39, 0.29) is 0 Å². The van der Waals surface area contributed by atoms with Gasteiger partial charge in [-0.15, -0.1) is 11.8 Å². The van der Waals surface area contributed by atoms with Gasteiger partial charge in [-0.05, 0) is 12.1 Å². The third-order valence-electron chi connectivity index (χ3n) is 1.15. The highest BCUT2D eigenvalue weighted by molar-refractivity contribution is 7.99. The van der Waals surface area contributed by atoms with Crippen molar-refractivity contribution in [2.75, 3.05) is 5.75 Å². The Morgan fingerprint density at radius 3 is 2.69 bits per heavy atom. The Labute approximate surface area is 83.1 Å². The topological polar surface area (TPSA) is 0 Å². The molecule has 0 amide bonds. The predicted molar refractivity (Wildman–Crippen MR) is 47.1 cm³/mol. The fourth-order valence-electron chi connectivity index (χ4n) is 0.666. The maximum Gasteiger partial charge on any atom is 0.398 e. The summed E-state index contributed by atoms with van der Waals surface area (Å²) in [6, 6.07) is 7.34. The molecule has 1 rings (SSSR count). The van der Waals surface area contributed by atoms with E-state index < -0.39 is 11.9 Å². The van der Waals surface area contributed by atoms with Crippen molar-refractivity contribution in [3.63, 3.8) is 0 Å². The van der Waals surface area contributed by atoms with Crippen LogP contribution in [-0.2, 0) is 0 Å². The summed E-state index contributed by atoms with van der Waals surface area (Å²) in [6.07, 6.45) is -4.17. The highest BCUT2D eigenvalue weighted by atomic mass is 35.5. The lowest BCUT2D eigenvalue weighted by Crippen LogP contribution is -2.10. The second-order valence-electron chi connectivity index (χ2n) is 2.25. The van der Waals surface area contributed by atoms with Crippen LogP contribution in [0.2, 0.25) is 5.02 Å². The quantitative estimate of drug-likeness (QED) is 0.690. The zero-order valence-electron chi connectivity index (χ0n) is 6.36. The molecule has 0 N–H and O–H groups in total. The second kappa shape index (κ2) is 4.24. The van der Waals surface area contributed by atoms with E-state index >= 15 is 0 Å². The van der Waals surface area contributed by atoms with Crippen molar-refractivity contribution in [3.8, 4) is 0 Å². The zero-order valence-corrected chi connectivity index (χ0v) is 7.93. The SMILES string of the molecule is FC(F)(F)CSc1[c]cccc1Cl. The Morgan fingerprint density at radius 2 is 2.15 bits per heavy atom. The molecule has 0 aliphatic rings. The first kappa shape index (κ1) is 10.7. The molecule has 0 unspecified atom stereocenters. The zero-order chi connectivity index (χ0) is 9.90. The Morgan fingerprint density at radius 1 is 1.46 bits per heavy atom. The first-order valence-corrected chi connectivity index (χ1v) is 4.71. The Hall–Kier alpha value is -0.350. The molecule has 1 aromatic rings. The maximum atomic E-state index is 11.8. The molecule has 13 heavy (non-hydrogen) atoms. The molecule has 0 heterocycles. The molecule has 0 spiro atoms. The van der Waals surface area contributed by atoms with Crippen molar-refractivity contribution in [1.29, 1.82) is 0 Å². The van der Waals surface area contributed by atoms with Crippen molar-refractivity contribution in [3.05, 3.63) is 29.3 Å². The van der Waals surface area contributed by atoms with Crippen LogP contribution < -0.4 is 0 Å². The summed E-state index contributed by atoms with van der Waals surface area (Å²) < 4.78 is 35.4. The smallest absolute Gasteiger partial charge is 0.170 e. The van der Waals surface area contributed by atoms with E-state index in [1.54, 1.807) is 6.07 Å². The molecule has 0 atom stereocenters. The largest absolute Gasteiger partial charge is 0.398 e. The first-order valence-electron chi connectivity index (χ1n) is 3.35. The van der Waals surface area contributed by atoms with Crippen LogP contribution in [0.15, 0.2) is 23.1 Å². The summed E-state index contributed by atoms with van der Waals surface area (Å²) >= 11 is 6.28. The van der Waals surface area contributed by atoms with E-state index in [1.165, 1.54) is 12.1 Å². The summed E-state index contributed by atoms with van der Waals surface area (Å²) in [4.78, 5) is 0.335. The average Bonchev–Trinajstić information content (AvgIpc) is 2.01. The number of rotatable bonds is 2. The standard InChI is InChI=1S/C8H5ClF3S/c9-6-3-1-2-4-7(6)13-5-8(10,11)12/h1-3H,5H2. The Bertz CT molecular complexity index is 285. The fourth-order valence-corrected chi connectivity index (χ4v) is 1.62. The van der Waals surface area contributed by atoms with Gasteiger partial charge >= 0.3 is 6.18 Å². The number of halogens is 4. The molecular weight excluding hydrogens is 221 g/mol. The number of thioether (sulfide) groups is 1. The van der Waals surface area contributed by atoms with E-state index in [9.17, 15) is 13.2 Å². The van der Waals surface area contributed by atoms with Gasteiger partial charge in [-0.2, -0.15) is 13.2 Å². The highest BCUT2D eigenvalue weighted by Gasteiger charge is 2.27. The normalized spacial score (nSPS) is 11.7. The minimum atomic E-state index is -4.17. The molecule has 0 saturated heterocycles. The highest BCUT2D eigenvalue weighted by Crippen LogP contribution is 2.31. The van der Waals surface area contributed by atoms with Gasteiger partial charge in [-0.25, -0.2) is 0 Å². The third-order valence-corrected chi connectivity index (χ3v) is 2.68. The van der Waals surface area contributed by atoms with Crippen molar-refractivity contribution in [2.45, 2.75) is 11.1 Å². The summed E-state index contributed by atoms with van der Waals surface area (Å²) in [5.74, 6) is -0.937. The number of hydrogen-bond acceptors (Lipinski definition) is 1. The number of alkyl halides is 3. The lowest BCUT2D eigenvalue weighted by atomic mass is 10.4. The van der Waals surface area contributed by atoms with Gasteiger partial charge in [-0.3, -0.25) is 0 Å². The van der Waals surface area contributed by atoms with Crippen LogP contribution >= 0.6 is 23.4 Å². The van der Waals surface area contributed by atoms with Crippen molar-refractivity contribution < 1.29 is 13.2 Å². The van der Waals surface area contributed by atoms with Gasteiger partial charge in [0, 0.05) is 4.90 Å². The van der Waals surface area contributed by atoms with Crippen LogP contribution in [0.3, 0.4) is 0 Å². The summed E-state index contributed by atoms with van der Waals surface area (Å²) in [5.41, 5.74) is 0. The number of benzene rings is 1. The lowest BCUT2D eigenvalue weighted by molar-refractivity contribution is -0.105. The molecule has 0 aromatic heterocycles. The van der Waals surface area contributed by atoms with Crippen LogP contribution in [0.1, 0.15) is 0 Å². The average molecular weight is 226 g/mol. The maximum absolute atomic E-state index is 11.8. The van der Waals surface area contributed by atoms with E-state index in [4.69, 9.17) is 11.6 Å². The fraction of sp³-hybridized carbons (Fsp3) is 0.250. The van der Waals surface area contributed by atoms with Gasteiger partial charge < -0.3 is 0 Å². The summed E-state index contributed by atoms with van der Waals surface area (Å²) in [6.45, 7) is 0. The van der Waals surface area contributed by atoms with Crippen LogP contribution in [0.4, 0.5) is 13.2 Å². The van der Waals surface area contributed by atoms with E-state index in [1.807, 2.05) is 0 Å². The third kappa shape index (κ3) is 3.91. The minimum Gasteiger partial charge on any atom is -0.170 e. The molecule has 0 bridgehead atoms. The van der Waals surface area contributed by atoms with Crippen LogP contribution in [0.5, 0.6) is 0 Å². The van der Waals surface area contributed by atoms with Crippen molar-refractivity contribution >= 4 is 23.4 Å². The predicted octanol–water partition coefficient (Wildman–Crippen LogP) is 3.79. The van der Waals surface area contributed by atoms with Gasteiger partial charge in [0.2, 0.25) is 0 Å². The van der Waals surface area contributed by atoms with Gasteiger partial charge in [0.25, 0.3) is 0 Å². The Kier molecular flexibility index (Phi) is 3.50. The van der Waals surface area contributed by atoms with Gasteiger partial charge in [-0.1, -0.05) is 23.7 Å². The molecular formula is C8H5ClF3S. The molecule has 0 fully saturated rings. The monoisotopic (exact) mass is 225 g/mol. The van der Waals surface area contributed by atoms with Gasteiger partial charge in [0.1, 0.15) is 0 Å². The molecule has 0 saturated carbocycles. The van der Waals surface area contributed by atoms with Crippen molar-refractivity contribution in [1.82, 2.24) is 0 Å². The van der Waals surface area contributed by atoms with Crippen LogP contribution in [0.25, 0.3) is 0 Å². The molecule has 0 nitrogen and oxygen atoms in total. The van der Waals surface area contributed by atoms with Crippen LogP contribution in [0, 0.1) is 6.07 Å². The molecule has 1 aromatic carbocycles. The van der Waals surface area contributed by atoms with Crippen LogP contribution in [-0.4, -0.2) is 11.9 Å². The first-order chi connectivity index (χ1) is 5.99. The molecule has 0 aliphatic carbocycles.